The number of carbonyl (C=O) groups excluding carboxylic acids is 1. The van der Waals surface area contributed by atoms with E-state index in [1.165, 1.54) is 17.7 Å². The zero-order valence-electron chi connectivity index (χ0n) is 13.5. The van der Waals surface area contributed by atoms with Crippen LogP contribution in [0.5, 0.6) is 0 Å². The molecule has 0 atom stereocenters. The summed E-state index contributed by atoms with van der Waals surface area (Å²) in [6, 6.07) is 4.33. The van der Waals surface area contributed by atoms with Crippen molar-refractivity contribution in [2.45, 2.75) is 26.3 Å². The van der Waals surface area contributed by atoms with Gasteiger partial charge in [-0.15, -0.1) is 11.3 Å². The molecule has 5 heteroatoms. The SMILES string of the molecule is CC1CCN(C(=O)CN2CCN(Cc3cccs3)CC2)CC1. The number of carbonyl (C=O) groups is 1. The predicted molar refractivity (Wildman–Crippen MR) is 91.0 cm³/mol. The van der Waals surface area contributed by atoms with Crippen molar-refractivity contribution in [2.75, 3.05) is 45.8 Å². The molecule has 3 heterocycles. The van der Waals surface area contributed by atoms with E-state index in [0.29, 0.717) is 12.5 Å². The van der Waals surface area contributed by atoms with Crippen molar-refractivity contribution >= 4 is 17.2 Å². The van der Waals surface area contributed by atoms with Gasteiger partial charge in [0.1, 0.15) is 0 Å². The van der Waals surface area contributed by atoms with Gasteiger partial charge in [0, 0.05) is 50.7 Å². The summed E-state index contributed by atoms with van der Waals surface area (Å²) in [5, 5.41) is 2.14. The lowest BCUT2D eigenvalue weighted by molar-refractivity contribution is -0.134. The van der Waals surface area contributed by atoms with Crippen LogP contribution in [0.15, 0.2) is 17.5 Å². The van der Waals surface area contributed by atoms with Crippen LogP contribution in [0.3, 0.4) is 0 Å². The lowest BCUT2D eigenvalue weighted by Gasteiger charge is -2.36. The Morgan fingerprint density at radius 2 is 1.82 bits per heavy atom. The van der Waals surface area contributed by atoms with E-state index >= 15 is 0 Å². The molecule has 0 bridgehead atoms. The van der Waals surface area contributed by atoms with Crippen molar-refractivity contribution in [2.24, 2.45) is 5.92 Å². The molecule has 0 N–H and O–H groups in total. The van der Waals surface area contributed by atoms with Crippen molar-refractivity contribution in [1.29, 1.82) is 0 Å². The normalized spacial score (nSPS) is 22.1. The Hall–Kier alpha value is -0.910. The van der Waals surface area contributed by atoms with Gasteiger partial charge in [0.05, 0.1) is 6.54 Å². The van der Waals surface area contributed by atoms with E-state index in [9.17, 15) is 4.79 Å². The number of thiophene rings is 1. The Morgan fingerprint density at radius 1 is 1.14 bits per heavy atom. The van der Waals surface area contributed by atoms with E-state index in [1.54, 1.807) is 0 Å². The second-order valence-electron chi connectivity index (χ2n) is 6.69. The van der Waals surface area contributed by atoms with Crippen LogP contribution in [0.4, 0.5) is 0 Å². The fourth-order valence-corrected chi connectivity index (χ4v) is 4.02. The molecule has 4 nitrogen and oxygen atoms in total. The largest absolute Gasteiger partial charge is 0.342 e. The summed E-state index contributed by atoms with van der Waals surface area (Å²) in [5.41, 5.74) is 0. The van der Waals surface area contributed by atoms with Crippen LogP contribution in [0.25, 0.3) is 0 Å². The molecule has 0 aliphatic carbocycles. The minimum atomic E-state index is 0.332. The molecule has 0 aromatic carbocycles. The topological polar surface area (TPSA) is 26.8 Å². The highest BCUT2D eigenvalue weighted by Gasteiger charge is 2.24. The van der Waals surface area contributed by atoms with Gasteiger partial charge in [0.15, 0.2) is 0 Å². The number of nitrogens with zero attached hydrogens (tertiary/aromatic N) is 3. The molecule has 0 unspecified atom stereocenters. The van der Waals surface area contributed by atoms with Gasteiger partial charge < -0.3 is 4.90 Å². The van der Waals surface area contributed by atoms with Gasteiger partial charge in [0.2, 0.25) is 5.91 Å². The molecule has 0 saturated carbocycles. The monoisotopic (exact) mass is 321 g/mol. The van der Waals surface area contributed by atoms with E-state index in [-0.39, 0.29) is 0 Å². The van der Waals surface area contributed by atoms with Crippen molar-refractivity contribution < 1.29 is 4.79 Å². The van der Waals surface area contributed by atoms with Gasteiger partial charge in [-0.25, -0.2) is 0 Å². The molecule has 1 aromatic rings. The van der Waals surface area contributed by atoms with Crippen LogP contribution in [-0.2, 0) is 11.3 Å². The molecule has 3 rings (SSSR count). The minimum absolute atomic E-state index is 0.332. The maximum absolute atomic E-state index is 12.4. The molecule has 1 aromatic heterocycles. The summed E-state index contributed by atoms with van der Waals surface area (Å²) in [6.07, 6.45) is 2.33. The second-order valence-corrected chi connectivity index (χ2v) is 7.73. The van der Waals surface area contributed by atoms with E-state index in [0.717, 1.165) is 51.7 Å². The average molecular weight is 321 g/mol. The Bertz CT molecular complexity index is 460. The first-order valence-electron chi connectivity index (χ1n) is 8.45. The summed E-state index contributed by atoms with van der Waals surface area (Å²) < 4.78 is 0. The molecule has 2 fully saturated rings. The van der Waals surface area contributed by atoms with Crippen LogP contribution in [0, 0.1) is 5.92 Å². The van der Waals surface area contributed by atoms with Crippen molar-refractivity contribution in [3.8, 4) is 0 Å². The third-order valence-corrected chi connectivity index (χ3v) is 5.78. The Balaban J connectivity index is 1.39. The first kappa shape index (κ1) is 16.0. The summed E-state index contributed by atoms with van der Waals surface area (Å²) in [6.45, 7) is 10.0. The number of hydrogen-bond donors (Lipinski definition) is 0. The van der Waals surface area contributed by atoms with E-state index in [2.05, 4.69) is 39.1 Å². The predicted octanol–water partition coefficient (Wildman–Crippen LogP) is 2.12. The van der Waals surface area contributed by atoms with E-state index < -0.39 is 0 Å². The number of amides is 1. The lowest BCUT2D eigenvalue weighted by Crippen LogP contribution is -2.50. The second kappa shape index (κ2) is 7.57. The van der Waals surface area contributed by atoms with Crippen molar-refractivity contribution in [3.05, 3.63) is 22.4 Å². The van der Waals surface area contributed by atoms with E-state index in [1.807, 2.05) is 11.3 Å². The van der Waals surface area contributed by atoms with Gasteiger partial charge >= 0.3 is 0 Å². The number of likely N-dealkylation sites (tertiary alicyclic amines) is 1. The molecule has 0 spiro atoms. The summed E-state index contributed by atoms with van der Waals surface area (Å²) in [5.74, 6) is 1.11. The maximum atomic E-state index is 12.4. The zero-order valence-corrected chi connectivity index (χ0v) is 14.4. The quantitative estimate of drug-likeness (QED) is 0.850. The molecule has 2 aliphatic heterocycles. The molecule has 122 valence electrons. The highest BCUT2D eigenvalue weighted by atomic mass is 32.1. The average Bonchev–Trinajstić information content (AvgIpc) is 3.03. The third kappa shape index (κ3) is 4.31. The fourth-order valence-electron chi connectivity index (χ4n) is 3.28. The molecular weight excluding hydrogens is 294 g/mol. The first-order valence-corrected chi connectivity index (χ1v) is 9.33. The fraction of sp³-hybridized carbons (Fsp3) is 0.706. The summed E-state index contributed by atoms with van der Waals surface area (Å²) in [4.78, 5) is 20.7. The Morgan fingerprint density at radius 3 is 2.45 bits per heavy atom. The van der Waals surface area contributed by atoms with Gasteiger partial charge in [-0.05, 0) is 30.2 Å². The van der Waals surface area contributed by atoms with Crippen LogP contribution < -0.4 is 0 Å². The van der Waals surface area contributed by atoms with Gasteiger partial charge in [-0.1, -0.05) is 13.0 Å². The van der Waals surface area contributed by atoms with Crippen LogP contribution in [0.2, 0.25) is 0 Å². The third-order valence-electron chi connectivity index (χ3n) is 4.92. The van der Waals surface area contributed by atoms with E-state index in [4.69, 9.17) is 0 Å². The van der Waals surface area contributed by atoms with Crippen LogP contribution in [0.1, 0.15) is 24.6 Å². The van der Waals surface area contributed by atoms with Gasteiger partial charge in [-0.3, -0.25) is 14.6 Å². The minimum Gasteiger partial charge on any atom is -0.342 e. The number of piperazine rings is 1. The van der Waals surface area contributed by atoms with Crippen molar-refractivity contribution in [1.82, 2.24) is 14.7 Å². The first-order chi connectivity index (χ1) is 10.7. The molecule has 22 heavy (non-hydrogen) atoms. The standard InChI is InChI=1S/C17H27N3OS/c1-15-4-6-20(7-5-15)17(21)14-19-10-8-18(9-11-19)13-16-3-2-12-22-16/h2-3,12,15H,4-11,13-14H2,1H3. The molecule has 1 amide bonds. The molecule has 0 radical (unpaired) electrons. The van der Waals surface area contributed by atoms with Crippen LogP contribution in [-0.4, -0.2) is 66.4 Å². The molecule has 2 aliphatic rings. The maximum Gasteiger partial charge on any atom is 0.236 e. The van der Waals surface area contributed by atoms with Crippen molar-refractivity contribution in [3.63, 3.8) is 0 Å². The molecule has 2 saturated heterocycles. The summed E-state index contributed by atoms with van der Waals surface area (Å²) >= 11 is 1.83. The number of piperidine rings is 1. The highest BCUT2D eigenvalue weighted by molar-refractivity contribution is 7.09. The van der Waals surface area contributed by atoms with Gasteiger partial charge in [0.25, 0.3) is 0 Å². The van der Waals surface area contributed by atoms with Crippen LogP contribution >= 0.6 is 11.3 Å². The Kier molecular flexibility index (Phi) is 5.50. The number of hydrogen-bond acceptors (Lipinski definition) is 4. The number of rotatable bonds is 4. The smallest absolute Gasteiger partial charge is 0.236 e. The molecular formula is C17H27N3OS. The highest BCUT2D eigenvalue weighted by Crippen LogP contribution is 2.17. The summed E-state index contributed by atoms with van der Waals surface area (Å²) in [7, 11) is 0. The Labute approximate surface area is 137 Å². The zero-order chi connectivity index (χ0) is 15.4. The lowest BCUT2D eigenvalue weighted by atomic mass is 9.99. The van der Waals surface area contributed by atoms with Gasteiger partial charge in [-0.2, -0.15) is 0 Å².